The second kappa shape index (κ2) is 5.57. The van der Waals surface area contributed by atoms with Crippen LogP contribution >= 0.6 is 27.5 Å². The Balaban J connectivity index is 2.46. The van der Waals surface area contributed by atoms with E-state index in [9.17, 15) is 13.9 Å². The van der Waals surface area contributed by atoms with Crippen molar-refractivity contribution in [1.29, 1.82) is 0 Å². The summed E-state index contributed by atoms with van der Waals surface area (Å²) in [4.78, 5) is 0. The predicted octanol–water partition coefficient (Wildman–Crippen LogP) is 4.77. The molecule has 0 heterocycles. The normalized spacial score (nSPS) is 12.5. The van der Waals surface area contributed by atoms with Crippen molar-refractivity contribution in [2.45, 2.75) is 13.0 Å². The number of rotatable bonds is 2. The molecule has 0 saturated heterocycles. The molecule has 2 rings (SSSR count). The molecule has 100 valence electrons. The van der Waals surface area contributed by atoms with Crippen LogP contribution in [-0.2, 0) is 0 Å². The highest BCUT2D eigenvalue weighted by molar-refractivity contribution is 9.10. The van der Waals surface area contributed by atoms with Gasteiger partial charge in [0.15, 0.2) is 0 Å². The third-order valence-electron chi connectivity index (χ3n) is 2.85. The van der Waals surface area contributed by atoms with Gasteiger partial charge in [-0.25, -0.2) is 8.78 Å². The van der Waals surface area contributed by atoms with E-state index in [0.717, 1.165) is 0 Å². The first-order valence-electron chi connectivity index (χ1n) is 5.48. The molecule has 0 amide bonds. The monoisotopic (exact) mass is 346 g/mol. The van der Waals surface area contributed by atoms with Gasteiger partial charge in [0.2, 0.25) is 0 Å². The maximum atomic E-state index is 13.8. The fourth-order valence-corrected chi connectivity index (χ4v) is 2.19. The van der Waals surface area contributed by atoms with E-state index in [-0.39, 0.29) is 16.1 Å². The molecule has 0 aliphatic carbocycles. The Bertz CT molecular complexity index is 631. The van der Waals surface area contributed by atoms with Crippen LogP contribution in [0.1, 0.15) is 22.8 Å². The van der Waals surface area contributed by atoms with E-state index in [4.69, 9.17) is 11.6 Å². The molecule has 0 bridgehead atoms. The number of benzene rings is 2. The van der Waals surface area contributed by atoms with Gasteiger partial charge in [0, 0.05) is 10.0 Å². The van der Waals surface area contributed by atoms with E-state index in [2.05, 4.69) is 15.9 Å². The van der Waals surface area contributed by atoms with Gasteiger partial charge in [-0.1, -0.05) is 23.7 Å². The summed E-state index contributed by atoms with van der Waals surface area (Å²) in [6, 6.07) is 6.77. The number of aliphatic hydroxyl groups excluding tert-OH is 1. The molecule has 0 aromatic heterocycles. The molecule has 2 aromatic rings. The molecule has 0 fully saturated rings. The van der Waals surface area contributed by atoms with Gasteiger partial charge in [-0.3, -0.25) is 0 Å². The summed E-state index contributed by atoms with van der Waals surface area (Å²) in [7, 11) is 0. The molecule has 0 saturated carbocycles. The van der Waals surface area contributed by atoms with Gasteiger partial charge < -0.3 is 5.11 Å². The van der Waals surface area contributed by atoms with E-state index in [1.165, 1.54) is 24.3 Å². The third kappa shape index (κ3) is 2.96. The number of hydrogen-bond acceptors (Lipinski definition) is 1. The summed E-state index contributed by atoms with van der Waals surface area (Å²) < 4.78 is 27.7. The zero-order valence-corrected chi connectivity index (χ0v) is 12.3. The molecular weight excluding hydrogens is 338 g/mol. The molecule has 2 aromatic carbocycles. The van der Waals surface area contributed by atoms with Crippen LogP contribution in [0, 0.1) is 18.6 Å². The first-order chi connectivity index (χ1) is 8.90. The fraction of sp³-hybridized carbons (Fsp3) is 0.143. The van der Waals surface area contributed by atoms with Gasteiger partial charge in [0.05, 0.1) is 5.02 Å². The lowest BCUT2D eigenvalue weighted by Crippen LogP contribution is -2.04. The highest BCUT2D eigenvalue weighted by Gasteiger charge is 2.18. The van der Waals surface area contributed by atoms with Crippen LogP contribution in [0.25, 0.3) is 0 Å². The quantitative estimate of drug-likeness (QED) is 0.776. The zero-order valence-electron chi connectivity index (χ0n) is 9.92. The average molecular weight is 348 g/mol. The Kier molecular flexibility index (Phi) is 4.23. The van der Waals surface area contributed by atoms with Crippen molar-refractivity contribution < 1.29 is 13.9 Å². The molecule has 1 nitrogen and oxygen atoms in total. The SMILES string of the molecule is Cc1ccc(C(O)c2cc(Cl)c(Br)cc2F)cc1F. The lowest BCUT2D eigenvalue weighted by atomic mass is 10.00. The fourth-order valence-electron chi connectivity index (χ4n) is 1.71. The predicted molar refractivity (Wildman–Crippen MR) is 74.3 cm³/mol. The second-order valence-electron chi connectivity index (χ2n) is 4.20. The van der Waals surface area contributed by atoms with E-state index < -0.39 is 17.7 Å². The second-order valence-corrected chi connectivity index (χ2v) is 5.46. The minimum atomic E-state index is -1.26. The van der Waals surface area contributed by atoms with Crippen LogP contribution in [0.15, 0.2) is 34.8 Å². The zero-order chi connectivity index (χ0) is 14.2. The summed E-state index contributed by atoms with van der Waals surface area (Å²) in [5.74, 6) is -1.05. The highest BCUT2D eigenvalue weighted by Crippen LogP contribution is 2.32. The van der Waals surface area contributed by atoms with Crippen molar-refractivity contribution in [3.63, 3.8) is 0 Å². The third-order valence-corrected chi connectivity index (χ3v) is 4.04. The van der Waals surface area contributed by atoms with Crippen LogP contribution in [0.4, 0.5) is 8.78 Å². The van der Waals surface area contributed by atoms with Gasteiger partial charge >= 0.3 is 0 Å². The summed E-state index contributed by atoms with van der Waals surface area (Å²) in [6.07, 6.45) is -1.26. The summed E-state index contributed by atoms with van der Waals surface area (Å²) in [6.45, 7) is 1.61. The molecule has 5 heteroatoms. The topological polar surface area (TPSA) is 20.2 Å². The molecule has 0 aliphatic rings. The number of halogens is 4. The van der Waals surface area contributed by atoms with Crippen LogP contribution in [-0.4, -0.2) is 5.11 Å². The van der Waals surface area contributed by atoms with Gasteiger partial charge in [-0.05, 0) is 52.2 Å². The van der Waals surface area contributed by atoms with Crippen molar-refractivity contribution >= 4 is 27.5 Å². The standard InChI is InChI=1S/C14H10BrClF2O/c1-7-2-3-8(4-12(7)17)14(19)9-5-11(16)10(15)6-13(9)18/h2-6,14,19H,1H3. The van der Waals surface area contributed by atoms with Crippen molar-refractivity contribution in [2.24, 2.45) is 0 Å². The lowest BCUT2D eigenvalue weighted by molar-refractivity contribution is 0.214. The Labute approximate surface area is 123 Å². The van der Waals surface area contributed by atoms with Crippen molar-refractivity contribution in [3.8, 4) is 0 Å². The van der Waals surface area contributed by atoms with E-state index in [1.54, 1.807) is 13.0 Å². The number of aliphatic hydroxyl groups is 1. The Morgan fingerprint density at radius 2 is 1.84 bits per heavy atom. The largest absolute Gasteiger partial charge is 0.384 e. The Hall–Kier alpha value is -0.970. The van der Waals surface area contributed by atoms with Crippen molar-refractivity contribution in [2.75, 3.05) is 0 Å². The van der Waals surface area contributed by atoms with Crippen LogP contribution in [0.3, 0.4) is 0 Å². The molecule has 1 unspecified atom stereocenters. The van der Waals surface area contributed by atoms with Crippen LogP contribution < -0.4 is 0 Å². The summed E-state index contributed by atoms with van der Waals surface area (Å²) in [5.41, 5.74) is 0.752. The minimum Gasteiger partial charge on any atom is -0.384 e. The molecule has 0 aliphatic heterocycles. The van der Waals surface area contributed by atoms with E-state index >= 15 is 0 Å². The highest BCUT2D eigenvalue weighted by atomic mass is 79.9. The number of hydrogen-bond donors (Lipinski definition) is 1. The Morgan fingerprint density at radius 1 is 1.16 bits per heavy atom. The van der Waals surface area contributed by atoms with Gasteiger partial charge in [-0.2, -0.15) is 0 Å². The van der Waals surface area contributed by atoms with E-state index in [1.807, 2.05) is 0 Å². The van der Waals surface area contributed by atoms with E-state index in [0.29, 0.717) is 10.0 Å². The van der Waals surface area contributed by atoms with Crippen LogP contribution in [0.2, 0.25) is 5.02 Å². The maximum absolute atomic E-state index is 13.8. The molecule has 0 radical (unpaired) electrons. The molecule has 19 heavy (non-hydrogen) atoms. The van der Waals surface area contributed by atoms with Crippen molar-refractivity contribution in [3.05, 3.63) is 68.2 Å². The summed E-state index contributed by atoms with van der Waals surface area (Å²) in [5, 5.41) is 10.4. The minimum absolute atomic E-state index is 0.0106. The number of aryl methyl sites for hydroxylation is 1. The van der Waals surface area contributed by atoms with Crippen LogP contribution in [0.5, 0.6) is 0 Å². The molecular formula is C14H10BrClF2O. The summed E-state index contributed by atoms with van der Waals surface area (Å²) >= 11 is 8.97. The molecule has 0 spiro atoms. The van der Waals surface area contributed by atoms with Gasteiger partial charge in [0.1, 0.15) is 17.7 Å². The molecule has 1 N–H and O–H groups in total. The average Bonchev–Trinajstić information content (AvgIpc) is 2.36. The van der Waals surface area contributed by atoms with Crippen molar-refractivity contribution in [1.82, 2.24) is 0 Å². The smallest absolute Gasteiger partial charge is 0.130 e. The Morgan fingerprint density at radius 3 is 2.47 bits per heavy atom. The first kappa shape index (κ1) is 14.4. The first-order valence-corrected chi connectivity index (χ1v) is 6.66. The molecule has 1 atom stereocenters. The van der Waals surface area contributed by atoms with Gasteiger partial charge in [-0.15, -0.1) is 0 Å². The lowest BCUT2D eigenvalue weighted by Gasteiger charge is -2.14. The van der Waals surface area contributed by atoms with Gasteiger partial charge in [0.25, 0.3) is 0 Å². The maximum Gasteiger partial charge on any atom is 0.130 e.